The van der Waals surface area contributed by atoms with Crippen LogP contribution in [0.25, 0.3) is 0 Å². The molecule has 0 aromatic rings. The van der Waals surface area contributed by atoms with Crippen LogP contribution in [0, 0.1) is 0 Å². The zero-order chi connectivity index (χ0) is 5.98. The fourth-order valence-corrected chi connectivity index (χ4v) is 0.518. The van der Waals surface area contributed by atoms with Gasteiger partial charge in [-0.15, -0.1) is 0 Å². The third-order valence-electron chi connectivity index (χ3n) is 1.02. The summed E-state index contributed by atoms with van der Waals surface area (Å²) in [6.07, 6.45) is 5.17. The van der Waals surface area contributed by atoms with E-state index in [1.807, 2.05) is 6.08 Å². The van der Waals surface area contributed by atoms with E-state index in [9.17, 15) is 0 Å². The van der Waals surface area contributed by atoms with Gasteiger partial charge in [-0.1, -0.05) is 0 Å². The van der Waals surface area contributed by atoms with Crippen LogP contribution >= 0.6 is 0 Å². The van der Waals surface area contributed by atoms with Gasteiger partial charge in [0.1, 0.15) is 6.17 Å². The maximum absolute atomic E-state index is 5.42. The van der Waals surface area contributed by atoms with Crippen molar-refractivity contribution in [2.75, 3.05) is 0 Å². The second-order valence-electron chi connectivity index (χ2n) is 1.67. The average molecular weight is 111 g/mol. The first-order valence-electron chi connectivity index (χ1n) is 2.44. The van der Waals surface area contributed by atoms with Gasteiger partial charge in [-0.05, 0) is 18.4 Å². The molecule has 0 saturated carbocycles. The van der Waals surface area contributed by atoms with E-state index in [4.69, 9.17) is 11.5 Å². The molecule has 0 aromatic heterocycles. The van der Waals surface area contributed by atoms with Crippen molar-refractivity contribution < 1.29 is 0 Å². The summed E-state index contributed by atoms with van der Waals surface area (Å²) in [6.45, 7) is 0. The largest absolute Gasteiger partial charge is 0.399 e. The Morgan fingerprint density at radius 1 is 1.62 bits per heavy atom. The van der Waals surface area contributed by atoms with Gasteiger partial charge in [-0.2, -0.15) is 0 Å². The van der Waals surface area contributed by atoms with Crippen molar-refractivity contribution in [3.63, 3.8) is 0 Å². The van der Waals surface area contributed by atoms with Crippen LogP contribution in [0.15, 0.2) is 24.0 Å². The Hall–Kier alpha value is -0.960. The maximum Gasteiger partial charge on any atom is 0.115 e. The fourth-order valence-electron chi connectivity index (χ4n) is 0.518. The van der Waals surface area contributed by atoms with Crippen LogP contribution in [0.5, 0.6) is 0 Å². The Labute approximate surface area is 48.0 Å². The predicted octanol–water partition coefficient (Wildman–Crippen LogP) is -0.769. The molecule has 0 fully saturated rings. The highest BCUT2D eigenvalue weighted by molar-refractivity contribution is 5.18. The van der Waals surface area contributed by atoms with Gasteiger partial charge in [-0.3, -0.25) is 0 Å². The van der Waals surface area contributed by atoms with Gasteiger partial charge in [0.05, 0.1) is 0 Å². The van der Waals surface area contributed by atoms with Crippen LogP contribution in [0.1, 0.15) is 0 Å². The Morgan fingerprint density at radius 3 is 2.75 bits per heavy atom. The number of hydrogen-bond donors (Lipinski definition) is 3. The van der Waals surface area contributed by atoms with Gasteiger partial charge in [0.25, 0.3) is 0 Å². The molecule has 3 nitrogen and oxygen atoms in total. The smallest absolute Gasteiger partial charge is 0.115 e. The van der Waals surface area contributed by atoms with Gasteiger partial charge in [0.15, 0.2) is 0 Å². The summed E-state index contributed by atoms with van der Waals surface area (Å²) in [5.41, 5.74) is 11.5. The topological polar surface area (TPSA) is 64.1 Å². The van der Waals surface area contributed by atoms with Crippen molar-refractivity contribution >= 4 is 0 Å². The van der Waals surface area contributed by atoms with E-state index in [0.717, 1.165) is 0 Å². The molecule has 8 heavy (non-hydrogen) atoms. The Morgan fingerprint density at radius 2 is 2.38 bits per heavy atom. The lowest BCUT2D eigenvalue weighted by Crippen LogP contribution is -2.40. The van der Waals surface area contributed by atoms with Crippen molar-refractivity contribution in [2.24, 2.45) is 11.5 Å². The molecule has 0 aromatic carbocycles. The molecule has 0 saturated heterocycles. The molecule has 0 bridgehead atoms. The molecule has 44 valence electrons. The first-order chi connectivity index (χ1) is 3.80. The molecular weight excluding hydrogens is 102 g/mol. The molecule has 3 heteroatoms. The summed E-state index contributed by atoms with van der Waals surface area (Å²) < 4.78 is 0. The summed E-state index contributed by atoms with van der Waals surface area (Å²) in [5.74, 6) is 0. The second kappa shape index (κ2) is 1.88. The lowest BCUT2D eigenvalue weighted by atomic mass is 10.3. The molecule has 1 aliphatic heterocycles. The maximum atomic E-state index is 5.42. The van der Waals surface area contributed by atoms with E-state index < -0.39 is 0 Å². The molecular formula is C5H9N3. The molecule has 0 aliphatic carbocycles. The minimum absolute atomic E-state index is 0.194. The summed E-state index contributed by atoms with van der Waals surface area (Å²) in [6, 6.07) is 0. The number of rotatable bonds is 0. The van der Waals surface area contributed by atoms with E-state index in [2.05, 4.69) is 5.32 Å². The third kappa shape index (κ3) is 0.816. The summed E-state index contributed by atoms with van der Waals surface area (Å²) in [4.78, 5) is 0. The van der Waals surface area contributed by atoms with E-state index in [1.54, 1.807) is 12.3 Å². The van der Waals surface area contributed by atoms with Crippen LogP contribution in [0.2, 0.25) is 0 Å². The lowest BCUT2D eigenvalue weighted by molar-refractivity contribution is 0.679. The van der Waals surface area contributed by atoms with Gasteiger partial charge in [0, 0.05) is 5.70 Å². The predicted molar refractivity (Wildman–Crippen MR) is 32.5 cm³/mol. The van der Waals surface area contributed by atoms with Crippen LogP contribution in [-0.4, -0.2) is 6.17 Å². The monoisotopic (exact) mass is 111 g/mol. The van der Waals surface area contributed by atoms with Crippen molar-refractivity contribution in [2.45, 2.75) is 6.17 Å². The first kappa shape index (κ1) is 5.18. The molecule has 1 atom stereocenters. The Kier molecular flexibility index (Phi) is 1.22. The number of nitrogens with two attached hydrogens (primary N) is 2. The highest BCUT2D eigenvalue weighted by atomic mass is 15.0. The van der Waals surface area contributed by atoms with Gasteiger partial charge >= 0.3 is 0 Å². The number of nitrogens with one attached hydrogen (secondary N) is 1. The molecule has 1 aliphatic rings. The summed E-state index contributed by atoms with van der Waals surface area (Å²) in [5, 5.41) is 2.84. The van der Waals surface area contributed by atoms with Gasteiger partial charge in [0.2, 0.25) is 0 Å². The Bertz CT molecular complexity index is 137. The highest BCUT2D eigenvalue weighted by Crippen LogP contribution is 1.92. The van der Waals surface area contributed by atoms with Crippen LogP contribution in [-0.2, 0) is 0 Å². The molecule has 0 spiro atoms. The van der Waals surface area contributed by atoms with Crippen molar-refractivity contribution in [3.05, 3.63) is 24.0 Å². The Balaban J connectivity index is 2.66. The highest BCUT2D eigenvalue weighted by Gasteiger charge is 2.02. The first-order valence-corrected chi connectivity index (χ1v) is 2.44. The van der Waals surface area contributed by atoms with Crippen LogP contribution in [0.3, 0.4) is 0 Å². The normalized spacial score (nSPS) is 26.6. The standard InChI is InChI=1S/C5H9N3/c6-4-2-1-3-8-5(4)7/h1-3,5,8H,6-7H2. The number of allylic oxidation sites excluding steroid dienone is 2. The van der Waals surface area contributed by atoms with Crippen LogP contribution in [0.4, 0.5) is 0 Å². The van der Waals surface area contributed by atoms with Gasteiger partial charge < -0.3 is 16.8 Å². The van der Waals surface area contributed by atoms with E-state index in [-0.39, 0.29) is 6.17 Å². The molecule has 1 heterocycles. The third-order valence-corrected chi connectivity index (χ3v) is 1.02. The molecule has 5 N–H and O–H groups in total. The zero-order valence-electron chi connectivity index (χ0n) is 4.46. The minimum atomic E-state index is -0.194. The molecule has 0 radical (unpaired) electrons. The van der Waals surface area contributed by atoms with Gasteiger partial charge in [-0.25, -0.2) is 0 Å². The van der Waals surface area contributed by atoms with Crippen molar-refractivity contribution in [1.82, 2.24) is 5.32 Å². The molecule has 1 rings (SSSR count). The summed E-state index contributed by atoms with van der Waals surface area (Å²) in [7, 11) is 0. The molecule has 1 unspecified atom stereocenters. The zero-order valence-corrected chi connectivity index (χ0v) is 4.46. The minimum Gasteiger partial charge on any atom is -0.399 e. The van der Waals surface area contributed by atoms with E-state index in [1.165, 1.54) is 0 Å². The van der Waals surface area contributed by atoms with Crippen molar-refractivity contribution in [1.29, 1.82) is 0 Å². The number of hydrogen-bond acceptors (Lipinski definition) is 3. The molecule has 0 amide bonds. The number of dihydropyridines is 1. The fraction of sp³-hybridized carbons (Fsp3) is 0.200. The lowest BCUT2D eigenvalue weighted by Gasteiger charge is -2.14. The average Bonchev–Trinajstić information content (AvgIpc) is 1.77. The van der Waals surface area contributed by atoms with E-state index in [0.29, 0.717) is 5.70 Å². The van der Waals surface area contributed by atoms with Crippen LogP contribution < -0.4 is 16.8 Å². The SMILES string of the molecule is NC1=CC=CNC1N. The van der Waals surface area contributed by atoms with Crippen molar-refractivity contribution in [3.8, 4) is 0 Å². The van der Waals surface area contributed by atoms with E-state index >= 15 is 0 Å². The quantitative estimate of drug-likeness (QED) is 0.384. The second-order valence-corrected chi connectivity index (χ2v) is 1.67. The summed E-state index contributed by atoms with van der Waals surface area (Å²) >= 11 is 0.